The van der Waals surface area contributed by atoms with Crippen molar-refractivity contribution in [1.29, 1.82) is 0 Å². The first-order valence-electron chi connectivity index (χ1n) is 4.39. The van der Waals surface area contributed by atoms with Crippen LogP contribution in [0, 0.1) is 0 Å². The summed E-state index contributed by atoms with van der Waals surface area (Å²) in [7, 11) is -4.54. The molecule has 0 unspecified atom stereocenters. The molecule has 2 aliphatic rings. The number of carbonyl (C=O) groups is 2. The Labute approximate surface area is 90.5 Å². The Morgan fingerprint density at radius 3 is 2.62 bits per heavy atom. The van der Waals surface area contributed by atoms with Gasteiger partial charge >= 0.3 is 16.4 Å². The van der Waals surface area contributed by atoms with Crippen molar-refractivity contribution in [2.75, 3.05) is 6.54 Å². The van der Waals surface area contributed by atoms with Crippen LogP contribution in [0.2, 0.25) is 0 Å². The van der Waals surface area contributed by atoms with Gasteiger partial charge in [-0.05, 0) is 6.42 Å². The molecule has 0 aromatic rings. The summed E-state index contributed by atoms with van der Waals surface area (Å²) < 4.78 is 30.7. The summed E-state index contributed by atoms with van der Waals surface area (Å²) >= 11 is 0. The summed E-state index contributed by atoms with van der Waals surface area (Å²) in [4.78, 5) is 21.8. The highest BCUT2D eigenvalue weighted by Gasteiger charge is 2.59. The number of nitrogens with zero attached hydrogens (tertiary/aromatic N) is 2. The molecule has 2 aliphatic heterocycles. The molecule has 2 amide bonds. The molecular formula is C6H9N3O6S. The quantitative estimate of drug-likeness (QED) is 0.392. The molecule has 0 radical (unpaired) electrons. The summed E-state index contributed by atoms with van der Waals surface area (Å²) in [6.07, 6.45) is -1.03. The number of fused-ring (bicyclic) bond motifs is 1. The van der Waals surface area contributed by atoms with E-state index in [4.69, 9.17) is 9.66 Å². The number of β-lactam (4-membered cyclic amide) rings is 1. The highest BCUT2D eigenvalue weighted by molar-refractivity contribution is 7.84. The Balaban J connectivity index is 2.13. The van der Waals surface area contributed by atoms with E-state index >= 15 is 0 Å². The summed E-state index contributed by atoms with van der Waals surface area (Å²) in [6, 6.07) is -1.52. The smallest absolute Gasteiger partial charge is 0.419 e. The van der Waals surface area contributed by atoms with Gasteiger partial charge in [-0.3, -0.25) is 14.8 Å². The standard InChI is InChI=1S/C6H9N3O6S/c10-5-4-3(9(5)16(13,14)15)1-2-8(4)7-6(11)12/h3-4,7H,1-2H2,(H,11,12)(H,13,14,15)/t3-,4+/m1/s1. The van der Waals surface area contributed by atoms with Crippen molar-refractivity contribution < 1.29 is 27.7 Å². The molecule has 2 saturated heterocycles. The van der Waals surface area contributed by atoms with Crippen molar-refractivity contribution >= 4 is 22.3 Å². The normalized spacial score (nSPS) is 29.8. The van der Waals surface area contributed by atoms with Crippen LogP contribution in [0.3, 0.4) is 0 Å². The van der Waals surface area contributed by atoms with E-state index in [1.54, 1.807) is 0 Å². The molecule has 0 aromatic heterocycles. The fraction of sp³-hybridized carbons (Fsp3) is 0.667. The molecule has 0 aromatic carbocycles. The lowest BCUT2D eigenvalue weighted by molar-refractivity contribution is -0.145. The van der Waals surface area contributed by atoms with E-state index in [1.165, 1.54) is 0 Å². The van der Waals surface area contributed by atoms with Gasteiger partial charge < -0.3 is 5.11 Å². The SMILES string of the molecule is O=C(O)NN1CC[C@@H]2[C@H]1C(=O)N2S(=O)(=O)O. The minimum absolute atomic E-state index is 0.222. The number of carbonyl (C=O) groups excluding carboxylic acids is 1. The van der Waals surface area contributed by atoms with Gasteiger partial charge in [0, 0.05) is 6.54 Å². The maximum absolute atomic E-state index is 11.4. The van der Waals surface area contributed by atoms with Crippen LogP contribution in [0.25, 0.3) is 0 Å². The van der Waals surface area contributed by atoms with Crippen molar-refractivity contribution in [2.24, 2.45) is 0 Å². The van der Waals surface area contributed by atoms with Crippen molar-refractivity contribution in [1.82, 2.24) is 14.7 Å². The van der Waals surface area contributed by atoms with E-state index in [0.717, 1.165) is 5.01 Å². The van der Waals surface area contributed by atoms with E-state index in [9.17, 15) is 18.0 Å². The van der Waals surface area contributed by atoms with E-state index in [-0.39, 0.29) is 13.0 Å². The molecular weight excluding hydrogens is 242 g/mol. The van der Waals surface area contributed by atoms with Gasteiger partial charge in [0.2, 0.25) is 0 Å². The predicted octanol–water partition coefficient (Wildman–Crippen LogP) is -1.74. The fourth-order valence-corrected chi connectivity index (χ4v) is 2.96. The molecule has 2 fully saturated rings. The Morgan fingerprint density at radius 2 is 2.12 bits per heavy atom. The van der Waals surface area contributed by atoms with Gasteiger partial charge in [0.05, 0.1) is 6.04 Å². The van der Waals surface area contributed by atoms with Crippen LogP contribution < -0.4 is 5.43 Å². The largest absolute Gasteiger partial charge is 0.464 e. The third-order valence-electron chi connectivity index (χ3n) is 2.63. The second kappa shape index (κ2) is 3.30. The van der Waals surface area contributed by atoms with Gasteiger partial charge in [-0.25, -0.2) is 14.1 Å². The molecule has 3 N–H and O–H groups in total. The Morgan fingerprint density at radius 1 is 1.50 bits per heavy atom. The molecule has 0 saturated carbocycles. The molecule has 90 valence electrons. The topological polar surface area (TPSA) is 127 Å². The number of hydrazine groups is 1. The molecule has 16 heavy (non-hydrogen) atoms. The number of hydrogen-bond acceptors (Lipinski definition) is 5. The first kappa shape index (κ1) is 11.1. The molecule has 0 bridgehead atoms. The van der Waals surface area contributed by atoms with E-state index in [1.807, 2.05) is 5.43 Å². The Hall–Kier alpha value is -1.39. The zero-order chi connectivity index (χ0) is 12.1. The van der Waals surface area contributed by atoms with Gasteiger partial charge in [0.25, 0.3) is 5.91 Å². The first-order valence-corrected chi connectivity index (χ1v) is 5.79. The monoisotopic (exact) mass is 251 g/mol. The van der Waals surface area contributed by atoms with Crippen LogP contribution >= 0.6 is 0 Å². The van der Waals surface area contributed by atoms with Crippen molar-refractivity contribution in [2.45, 2.75) is 18.5 Å². The van der Waals surface area contributed by atoms with Crippen LogP contribution in [0.4, 0.5) is 4.79 Å². The molecule has 10 heteroatoms. The fourth-order valence-electron chi connectivity index (χ4n) is 2.06. The highest BCUT2D eigenvalue weighted by Crippen LogP contribution is 2.34. The van der Waals surface area contributed by atoms with Crippen LogP contribution in [0.1, 0.15) is 6.42 Å². The van der Waals surface area contributed by atoms with Crippen LogP contribution in [0.15, 0.2) is 0 Å². The van der Waals surface area contributed by atoms with Crippen molar-refractivity contribution in [3.8, 4) is 0 Å². The van der Waals surface area contributed by atoms with Crippen LogP contribution in [-0.4, -0.2) is 58.0 Å². The summed E-state index contributed by atoms with van der Waals surface area (Å²) in [5, 5.41) is 9.62. The minimum Gasteiger partial charge on any atom is -0.464 e. The lowest BCUT2D eigenvalue weighted by Crippen LogP contribution is -2.69. The second-order valence-corrected chi connectivity index (χ2v) is 4.81. The molecule has 2 rings (SSSR count). The van der Waals surface area contributed by atoms with Crippen LogP contribution in [0.5, 0.6) is 0 Å². The van der Waals surface area contributed by atoms with Gasteiger partial charge in [0.1, 0.15) is 6.04 Å². The van der Waals surface area contributed by atoms with E-state index in [2.05, 4.69) is 0 Å². The average molecular weight is 251 g/mol. The van der Waals surface area contributed by atoms with E-state index < -0.39 is 34.4 Å². The van der Waals surface area contributed by atoms with Crippen molar-refractivity contribution in [3.63, 3.8) is 0 Å². The van der Waals surface area contributed by atoms with Gasteiger partial charge in [0.15, 0.2) is 0 Å². The number of amides is 2. The third kappa shape index (κ3) is 1.50. The Kier molecular flexibility index (Phi) is 2.29. The maximum Gasteiger partial charge on any atom is 0.419 e. The first-order chi connectivity index (χ1) is 7.32. The number of hydrogen-bond donors (Lipinski definition) is 3. The minimum atomic E-state index is -4.54. The molecule has 0 aliphatic carbocycles. The number of rotatable bonds is 2. The average Bonchev–Trinajstić information content (AvgIpc) is 2.38. The number of nitrogens with one attached hydrogen (secondary N) is 1. The predicted molar refractivity (Wildman–Crippen MR) is 48.5 cm³/mol. The van der Waals surface area contributed by atoms with Gasteiger partial charge in [-0.2, -0.15) is 8.42 Å². The van der Waals surface area contributed by atoms with E-state index in [0.29, 0.717) is 4.31 Å². The molecule has 9 nitrogen and oxygen atoms in total. The lowest BCUT2D eigenvalue weighted by atomic mass is 10.0. The number of carboxylic acid groups (broad SMARTS) is 1. The summed E-state index contributed by atoms with van der Waals surface area (Å²) in [5.41, 5.74) is 2.00. The zero-order valence-electron chi connectivity index (χ0n) is 7.90. The third-order valence-corrected chi connectivity index (χ3v) is 3.57. The van der Waals surface area contributed by atoms with Gasteiger partial charge in [-0.15, -0.1) is 0 Å². The molecule has 0 spiro atoms. The Bertz CT molecular complexity index is 447. The highest BCUT2D eigenvalue weighted by atomic mass is 32.2. The van der Waals surface area contributed by atoms with Crippen molar-refractivity contribution in [3.05, 3.63) is 0 Å². The lowest BCUT2D eigenvalue weighted by Gasteiger charge is -2.42. The molecule has 2 heterocycles. The maximum atomic E-state index is 11.4. The summed E-state index contributed by atoms with van der Waals surface area (Å²) in [6.45, 7) is 0.222. The molecule has 2 atom stereocenters. The van der Waals surface area contributed by atoms with Crippen LogP contribution in [-0.2, 0) is 15.1 Å². The second-order valence-electron chi connectivity index (χ2n) is 3.52. The zero-order valence-corrected chi connectivity index (χ0v) is 8.72. The van der Waals surface area contributed by atoms with Gasteiger partial charge in [-0.1, -0.05) is 0 Å². The summed E-state index contributed by atoms with van der Waals surface area (Å²) in [5.74, 6) is -0.821.